The molecule has 15 heteroatoms. The first kappa shape index (κ1) is 47.4. The highest BCUT2D eigenvalue weighted by Crippen LogP contribution is 2.62. The van der Waals surface area contributed by atoms with Crippen LogP contribution in [0.5, 0.6) is 11.5 Å². The summed E-state index contributed by atoms with van der Waals surface area (Å²) >= 11 is 0. The van der Waals surface area contributed by atoms with Crippen molar-refractivity contribution in [3.63, 3.8) is 0 Å². The number of unbranched alkanes of at least 4 members (excludes halogenated alkanes) is 2. The fraction of sp³-hybridized carbons (Fsp3) is 0.479. The minimum atomic E-state index is -4.27. The Morgan fingerprint density at radius 1 is 1.00 bits per heavy atom. The summed E-state index contributed by atoms with van der Waals surface area (Å²) in [5, 5.41) is 30.0. The second-order valence-corrected chi connectivity index (χ2v) is 18.1. The molecule has 0 spiro atoms. The van der Waals surface area contributed by atoms with E-state index in [1.165, 1.54) is 23.4 Å². The molecule has 3 aliphatic rings. The number of nitrogens with one attached hydrogen (secondary N) is 2. The molecule has 0 saturated heterocycles. The van der Waals surface area contributed by atoms with Crippen molar-refractivity contribution in [1.82, 2.24) is 9.62 Å². The summed E-state index contributed by atoms with van der Waals surface area (Å²) in [6.07, 6.45) is 7.92. The van der Waals surface area contributed by atoms with E-state index < -0.39 is 33.9 Å². The average Bonchev–Trinajstić information content (AvgIpc) is 3.27. The smallest absolute Gasteiger partial charge is 0.412 e. The molecule has 6 rings (SSSR count). The quantitative estimate of drug-likeness (QED) is 0.0443. The minimum Gasteiger partial charge on any atom is -0.460 e. The van der Waals surface area contributed by atoms with Gasteiger partial charge in [-0.1, -0.05) is 67.4 Å². The average molecular weight is 887 g/mol. The maximum Gasteiger partial charge on any atom is 0.412 e. The van der Waals surface area contributed by atoms with E-state index in [0.29, 0.717) is 55.0 Å². The van der Waals surface area contributed by atoms with E-state index in [0.717, 1.165) is 29.5 Å². The van der Waals surface area contributed by atoms with Gasteiger partial charge >= 0.3 is 6.09 Å². The number of hydrogen-bond acceptors (Lipinski definition) is 11. The van der Waals surface area contributed by atoms with Gasteiger partial charge in [0.1, 0.15) is 18.1 Å². The summed E-state index contributed by atoms with van der Waals surface area (Å²) in [7, 11) is -4.27. The fourth-order valence-electron chi connectivity index (χ4n) is 9.46. The number of anilines is 1. The van der Waals surface area contributed by atoms with Gasteiger partial charge < -0.3 is 39.9 Å². The fourth-order valence-corrected chi connectivity index (χ4v) is 11.2. The van der Waals surface area contributed by atoms with Crippen LogP contribution < -0.4 is 20.1 Å². The number of carbonyl (C=O) groups is 2. The minimum absolute atomic E-state index is 0.0192. The number of nitrogens with zero attached hydrogens (tertiary/aromatic N) is 2. The standard InChI is InChI=1S/C48H62N4O10S/c1-5-25-52(63(57,58)38-22-19-36(20-23-38)50-33(4)55)44-31-42(51-60-7-3)40-29-35(17-11-13-26-53)39(18-12-14-27-54)45-41-30-37(61-47(56)49-32-34-15-9-8-10-16-34)21-24-43(41)62-48(44,46(40)45)59-28-6-2/h6,8-10,15-16,19-24,29-30,35,39,44-46,53-54H,2,5,7,11-14,17-18,25-28,31-32H2,1,3-4H3,(H,49,56)(H,50,55). The normalized spacial score (nSPS) is 23.2. The van der Waals surface area contributed by atoms with Crippen LogP contribution in [0.25, 0.3) is 0 Å². The molecule has 2 aliphatic carbocycles. The zero-order valence-electron chi connectivity index (χ0n) is 36.5. The number of allylic oxidation sites excluding steroid dienone is 1. The highest BCUT2D eigenvalue weighted by Gasteiger charge is 2.66. The molecule has 3 aromatic carbocycles. The van der Waals surface area contributed by atoms with Crippen LogP contribution in [0.1, 0.15) is 89.2 Å². The second-order valence-electron chi connectivity index (χ2n) is 16.2. The molecule has 0 radical (unpaired) electrons. The van der Waals surface area contributed by atoms with Gasteiger partial charge in [-0.05, 0) is 104 Å². The Kier molecular flexibility index (Phi) is 16.6. The van der Waals surface area contributed by atoms with Crippen LogP contribution in [0.15, 0.2) is 107 Å². The number of amides is 2. The lowest BCUT2D eigenvalue weighted by atomic mass is 9.55. The van der Waals surface area contributed by atoms with Crippen molar-refractivity contribution >= 4 is 33.4 Å². The first-order valence-electron chi connectivity index (χ1n) is 22.1. The molecular formula is C48H62N4O10S. The summed E-state index contributed by atoms with van der Waals surface area (Å²) in [6, 6.07) is 19.9. The number of oxime groups is 1. The number of aliphatic hydroxyl groups excluding tert-OH is 2. The Hall–Kier alpha value is -5.06. The van der Waals surface area contributed by atoms with Crippen LogP contribution in [0.2, 0.25) is 0 Å². The molecule has 1 fully saturated rings. The van der Waals surface area contributed by atoms with Crippen LogP contribution in [0, 0.1) is 17.8 Å². The Labute approximate surface area is 371 Å². The summed E-state index contributed by atoms with van der Waals surface area (Å²) < 4.78 is 51.8. The van der Waals surface area contributed by atoms with Crippen LogP contribution in [-0.2, 0) is 30.9 Å². The largest absolute Gasteiger partial charge is 0.460 e. The van der Waals surface area contributed by atoms with Gasteiger partial charge in [0.2, 0.25) is 21.7 Å². The molecule has 1 aliphatic heterocycles. The molecule has 3 aromatic rings. The molecule has 14 nitrogen and oxygen atoms in total. The Balaban J connectivity index is 1.54. The Bertz CT molecular complexity index is 2200. The number of hydrogen-bond donors (Lipinski definition) is 4. The van der Waals surface area contributed by atoms with Gasteiger partial charge in [0.25, 0.3) is 0 Å². The van der Waals surface area contributed by atoms with Crippen LogP contribution in [0.3, 0.4) is 0 Å². The highest BCUT2D eigenvalue weighted by atomic mass is 32.2. The zero-order chi connectivity index (χ0) is 45.0. The van der Waals surface area contributed by atoms with Crippen LogP contribution in [-0.4, -0.2) is 85.4 Å². The number of fused-ring (bicyclic) bond motifs is 2. The second kappa shape index (κ2) is 22.0. The number of benzene rings is 3. The molecule has 6 unspecified atom stereocenters. The zero-order valence-corrected chi connectivity index (χ0v) is 37.4. The van der Waals surface area contributed by atoms with Crippen molar-refractivity contribution < 1.29 is 47.3 Å². The molecule has 6 atom stereocenters. The van der Waals surface area contributed by atoms with Gasteiger partial charge in [0.15, 0.2) is 0 Å². The SMILES string of the molecule is C=CCOC12Oc3ccc(OC(=O)NCc4ccccc4)cc3C3C(CCCCO)C(CCCCO)C=C(C(=NOCC)CC1N(CCC)S(=O)(=O)c1ccc(NC(C)=O)cc1)C32. The van der Waals surface area contributed by atoms with Crippen LogP contribution in [0.4, 0.5) is 10.5 Å². The van der Waals surface area contributed by atoms with Crippen LogP contribution >= 0.6 is 0 Å². The first-order chi connectivity index (χ1) is 30.5. The van der Waals surface area contributed by atoms with Crippen molar-refractivity contribution in [3.8, 4) is 11.5 Å². The molecule has 0 aromatic heterocycles. The third-order valence-electron chi connectivity index (χ3n) is 12.0. The van der Waals surface area contributed by atoms with E-state index in [4.69, 9.17) is 24.2 Å². The lowest BCUT2D eigenvalue weighted by molar-refractivity contribution is -0.251. The van der Waals surface area contributed by atoms with Gasteiger partial charge in [0, 0.05) is 56.8 Å². The third-order valence-corrected chi connectivity index (χ3v) is 13.9. The maximum absolute atomic E-state index is 15.1. The number of carbonyl (C=O) groups excluding carboxylic acids is 2. The van der Waals surface area contributed by atoms with Crippen molar-refractivity contribution in [1.29, 1.82) is 0 Å². The summed E-state index contributed by atoms with van der Waals surface area (Å²) in [5.74, 6) is -2.26. The molecule has 1 heterocycles. The predicted octanol–water partition coefficient (Wildman–Crippen LogP) is 7.69. The maximum atomic E-state index is 15.1. The molecule has 0 bridgehead atoms. The van der Waals surface area contributed by atoms with Gasteiger partial charge in [0.05, 0.1) is 29.2 Å². The van der Waals surface area contributed by atoms with Crippen molar-refractivity contribution in [2.75, 3.05) is 38.3 Å². The number of ether oxygens (including phenoxy) is 3. The topological polar surface area (TPSA) is 185 Å². The lowest BCUT2D eigenvalue weighted by Gasteiger charge is -2.59. The molecule has 4 N–H and O–H groups in total. The van der Waals surface area contributed by atoms with Gasteiger partial charge in [-0.15, -0.1) is 6.58 Å². The first-order valence-corrected chi connectivity index (χ1v) is 23.5. The van der Waals surface area contributed by atoms with E-state index in [-0.39, 0.29) is 74.5 Å². The predicted molar refractivity (Wildman–Crippen MR) is 241 cm³/mol. The highest BCUT2D eigenvalue weighted by molar-refractivity contribution is 7.89. The summed E-state index contributed by atoms with van der Waals surface area (Å²) in [4.78, 5) is 30.9. The Morgan fingerprint density at radius 2 is 1.73 bits per heavy atom. The van der Waals surface area contributed by atoms with Crippen molar-refractivity contribution in [2.45, 2.75) is 101 Å². The van der Waals surface area contributed by atoms with Gasteiger partial charge in [-0.2, -0.15) is 4.31 Å². The molecule has 1 saturated carbocycles. The van der Waals surface area contributed by atoms with Crippen molar-refractivity contribution in [3.05, 3.63) is 108 Å². The molecule has 63 heavy (non-hydrogen) atoms. The van der Waals surface area contributed by atoms with Gasteiger partial charge in [-0.25, -0.2) is 13.2 Å². The number of aliphatic hydroxyl groups is 2. The van der Waals surface area contributed by atoms with E-state index >= 15 is 8.42 Å². The lowest BCUT2D eigenvalue weighted by Crippen LogP contribution is -2.70. The van der Waals surface area contributed by atoms with E-state index in [1.54, 1.807) is 30.3 Å². The number of sulfonamides is 1. The van der Waals surface area contributed by atoms with E-state index in [9.17, 15) is 19.8 Å². The van der Waals surface area contributed by atoms with E-state index in [2.05, 4.69) is 23.3 Å². The summed E-state index contributed by atoms with van der Waals surface area (Å²) in [5.41, 5.74) is 3.55. The summed E-state index contributed by atoms with van der Waals surface area (Å²) in [6.45, 7) is 9.90. The Morgan fingerprint density at radius 3 is 2.40 bits per heavy atom. The third kappa shape index (κ3) is 10.8. The monoisotopic (exact) mass is 886 g/mol. The van der Waals surface area contributed by atoms with E-state index in [1.807, 2.05) is 50.2 Å². The van der Waals surface area contributed by atoms with Crippen molar-refractivity contribution in [2.24, 2.45) is 22.9 Å². The van der Waals surface area contributed by atoms with Gasteiger partial charge in [-0.3, -0.25) is 4.79 Å². The molecule has 2 amide bonds. The molecular weight excluding hydrogens is 825 g/mol. The number of rotatable bonds is 22. The molecule has 340 valence electrons.